The summed E-state index contributed by atoms with van der Waals surface area (Å²) in [5, 5.41) is 0. The predicted molar refractivity (Wildman–Crippen MR) is 101 cm³/mol. The minimum atomic E-state index is 0. The van der Waals surface area contributed by atoms with Crippen LogP contribution in [-0.4, -0.2) is 0 Å². The fourth-order valence-corrected chi connectivity index (χ4v) is 1.86. The van der Waals surface area contributed by atoms with Crippen molar-refractivity contribution in [3.63, 3.8) is 0 Å². The minimum absolute atomic E-state index is 0. The third-order valence-electron chi connectivity index (χ3n) is 3.04. The molecule has 20 radical (unpaired) electrons. The van der Waals surface area contributed by atoms with Crippen LogP contribution >= 0.6 is 0 Å². The molecule has 0 aromatic heterocycles. The number of allylic oxidation sites excluding steroid dienone is 2. The zero-order valence-corrected chi connectivity index (χ0v) is 16.5. The zero-order chi connectivity index (χ0) is 16.7. The zero-order valence-electron chi connectivity index (χ0n) is 14.3. The maximum absolute atomic E-state index is 3.05. The van der Waals surface area contributed by atoms with E-state index >= 15 is 0 Å². The third-order valence-corrected chi connectivity index (χ3v) is 3.04. The quantitative estimate of drug-likeness (QED) is 0.436. The molecular formula is C24H20Fe2+4. The van der Waals surface area contributed by atoms with Crippen LogP contribution in [-0.2, 0) is 34.1 Å². The van der Waals surface area contributed by atoms with Gasteiger partial charge in [0.1, 0.15) is 0 Å². The molecule has 0 spiro atoms. The van der Waals surface area contributed by atoms with Gasteiger partial charge < -0.3 is 0 Å². The van der Waals surface area contributed by atoms with Crippen molar-refractivity contribution in [3.8, 4) is 11.8 Å². The van der Waals surface area contributed by atoms with Crippen LogP contribution in [0.1, 0.15) is 0 Å². The monoisotopic (exact) mass is 420 g/mol. The smallest absolute Gasteiger partial charge is 0.0895 e. The predicted octanol–water partition coefficient (Wildman–Crippen LogP) is 4.39. The maximum Gasteiger partial charge on any atom is 2.00 e. The Labute approximate surface area is 185 Å². The first-order chi connectivity index (χ1) is 11.9. The summed E-state index contributed by atoms with van der Waals surface area (Å²) in [6, 6.07) is 0. The van der Waals surface area contributed by atoms with E-state index in [-0.39, 0.29) is 34.1 Å². The second kappa shape index (κ2) is 18.7. The molecule has 0 amide bonds. The molecule has 0 bridgehead atoms. The maximum atomic E-state index is 3.05. The minimum Gasteiger partial charge on any atom is -0.0895 e. The Balaban J connectivity index is 0.000000432. The van der Waals surface area contributed by atoms with E-state index in [9.17, 15) is 0 Å². The Bertz CT molecular complexity index is 346. The van der Waals surface area contributed by atoms with Crippen LogP contribution in [0.3, 0.4) is 0 Å². The molecule has 0 aromatic rings. The van der Waals surface area contributed by atoms with Crippen LogP contribution < -0.4 is 0 Å². The summed E-state index contributed by atoms with van der Waals surface area (Å²) in [6.07, 6.45) is 40.0. The van der Waals surface area contributed by atoms with Crippen LogP contribution in [0.5, 0.6) is 0 Å². The van der Waals surface area contributed by atoms with Crippen molar-refractivity contribution in [1.29, 1.82) is 0 Å². The first-order valence-electron chi connectivity index (χ1n) is 7.90. The van der Waals surface area contributed by atoms with Gasteiger partial charge in [0.25, 0.3) is 0 Å². The number of hydrogen-bond donors (Lipinski definition) is 0. The van der Waals surface area contributed by atoms with E-state index in [0.29, 0.717) is 0 Å². The Morgan fingerprint density at radius 3 is 1.31 bits per heavy atom. The van der Waals surface area contributed by atoms with Crippen molar-refractivity contribution < 1.29 is 34.1 Å². The normalized spacial score (nSPS) is 22.3. The summed E-state index contributed by atoms with van der Waals surface area (Å²) in [4.78, 5) is 0. The topological polar surface area (TPSA) is 0 Å². The van der Waals surface area contributed by atoms with E-state index in [1.165, 1.54) is 5.92 Å². The molecule has 4 aliphatic carbocycles. The SMILES string of the molecule is C(#C[C]1[CH][CH][CH][CH]1)/C=C\[C]1[CH][CH][CH][CH]1.[CH]1[CH][CH][CH][CH]1.[CH]1[CH][CH][CH][CH]1.[Fe+2].[Fe+2]. The van der Waals surface area contributed by atoms with E-state index in [4.69, 9.17) is 0 Å². The molecular weight excluding hydrogens is 400 g/mol. The van der Waals surface area contributed by atoms with Crippen LogP contribution in [0.4, 0.5) is 0 Å². The van der Waals surface area contributed by atoms with Gasteiger partial charge in [0.2, 0.25) is 0 Å². The van der Waals surface area contributed by atoms with Crippen molar-refractivity contribution >= 4 is 0 Å². The molecule has 26 heavy (non-hydrogen) atoms. The molecule has 4 rings (SSSR count). The first-order valence-corrected chi connectivity index (χ1v) is 7.90. The van der Waals surface area contributed by atoms with Crippen molar-refractivity contribution in [1.82, 2.24) is 0 Å². The van der Waals surface area contributed by atoms with Gasteiger partial charge in [0, 0.05) is 5.92 Å². The van der Waals surface area contributed by atoms with Crippen LogP contribution in [0.25, 0.3) is 0 Å². The number of hydrogen-bond acceptors (Lipinski definition) is 0. The summed E-state index contributed by atoms with van der Waals surface area (Å²) >= 11 is 0. The van der Waals surface area contributed by atoms with Gasteiger partial charge in [0.05, 0.1) is 5.92 Å². The largest absolute Gasteiger partial charge is 2.00 e. The molecule has 0 N–H and O–H groups in total. The van der Waals surface area contributed by atoms with Gasteiger partial charge in [-0.3, -0.25) is 0 Å². The second-order valence-corrected chi connectivity index (χ2v) is 4.92. The summed E-state index contributed by atoms with van der Waals surface area (Å²) in [7, 11) is 0. The average Bonchev–Trinajstić information content (AvgIpc) is 3.44. The van der Waals surface area contributed by atoms with E-state index < -0.39 is 0 Å². The Kier molecular flexibility index (Phi) is 18.9. The van der Waals surface area contributed by atoms with Crippen molar-refractivity contribution in [2.75, 3.05) is 0 Å². The van der Waals surface area contributed by atoms with Crippen LogP contribution in [0.2, 0.25) is 0 Å². The number of rotatable bonds is 1. The molecule has 2 heteroatoms. The fourth-order valence-electron chi connectivity index (χ4n) is 1.86. The average molecular weight is 420 g/mol. The van der Waals surface area contributed by atoms with Gasteiger partial charge >= 0.3 is 34.1 Å². The molecule has 0 unspecified atom stereocenters. The molecule has 0 aliphatic heterocycles. The van der Waals surface area contributed by atoms with Crippen molar-refractivity contribution in [3.05, 3.63) is 140 Å². The molecule has 0 atom stereocenters. The second-order valence-electron chi connectivity index (χ2n) is 4.92. The van der Waals surface area contributed by atoms with Gasteiger partial charge in [-0.25, -0.2) is 0 Å². The third kappa shape index (κ3) is 13.5. The van der Waals surface area contributed by atoms with Gasteiger partial charge in [0.15, 0.2) is 0 Å². The van der Waals surface area contributed by atoms with Gasteiger partial charge in [-0.15, -0.1) is 0 Å². The summed E-state index contributed by atoms with van der Waals surface area (Å²) in [5.74, 6) is 8.31. The molecule has 0 heterocycles. The Morgan fingerprint density at radius 1 is 0.500 bits per heavy atom. The summed E-state index contributed by atoms with van der Waals surface area (Å²) in [6.45, 7) is 0. The fraction of sp³-hybridized carbons (Fsp3) is 0. The van der Waals surface area contributed by atoms with Gasteiger partial charge in [-0.1, -0.05) is 17.9 Å². The van der Waals surface area contributed by atoms with Crippen molar-refractivity contribution in [2.45, 2.75) is 0 Å². The summed E-state index contributed by atoms with van der Waals surface area (Å²) in [5.41, 5.74) is 0. The van der Waals surface area contributed by atoms with Crippen LogP contribution in [0.15, 0.2) is 12.2 Å². The van der Waals surface area contributed by atoms with E-state index in [2.05, 4.69) is 24.7 Å². The van der Waals surface area contributed by atoms with Crippen molar-refractivity contribution in [2.24, 2.45) is 0 Å². The van der Waals surface area contributed by atoms with Gasteiger partial charge in [-0.05, 0) is 122 Å². The first kappa shape index (κ1) is 26.3. The standard InChI is InChI=1S/C14H10.2C5H5.2Fe/c1-2-8-13(7-1)11-5-6-12-14-9-3-4-10-14;2*1-2-4-5-3-1;;/h1-5,7-11H;2*1-5H;;/q;;;2*+2/b11-5-;;;;. The summed E-state index contributed by atoms with van der Waals surface area (Å²) < 4.78 is 0. The van der Waals surface area contributed by atoms with Gasteiger partial charge in [-0.2, -0.15) is 0 Å². The molecule has 0 aromatic carbocycles. The Morgan fingerprint density at radius 2 is 0.885 bits per heavy atom. The van der Waals surface area contributed by atoms with Crippen LogP contribution in [0, 0.1) is 139 Å². The van der Waals surface area contributed by atoms with E-state index in [1.54, 1.807) is 0 Å². The Hall–Kier alpha value is 0.339. The molecule has 0 saturated heterocycles. The molecule has 4 saturated carbocycles. The molecule has 0 nitrogen and oxygen atoms in total. The molecule has 128 valence electrons. The van der Waals surface area contributed by atoms with E-state index in [0.717, 1.165) is 5.92 Å². The molecule has 4 aliphatic rings. The van der Waals surface area contributed by atoms with E-state index in [1.807, 2.05) is 115 Å². The molecule has 4 fully saturated rings.